The summed E-state index contributed by atoms with van der Waals surface area (Å²) in [4.78, 5) is 29.1. The first-order chi connectivity index (χ1) is 12.1. The summed E-state index contributed by atoms with van der Waals surface area (Å²) in [5.74, 6) is 0.601. The van der Waals surface area contributed by atoms with Gasteiger partial charge in [-0.1, -0.05) is 6.07 Å². The first kappa shape index (κ1) is 14.8. The zero-order valence-corrected chi connectivity index (χ0v) is 12.7. The summed E-state index contributed by atoms with van der Waals surface area (Å²) < 4.78 is 1.78. The maximum Gasteiger partial charge on any atom is 0.293 e. The molecule has 0 saturated carbocycles. The molecule has 0 radical (unpaired) electrons. The monoisotopic (exact) mass is 337 g/mol. The SMILES string of the molecule is O=c1[nH]cnc2cc(NCc3nnc4ccccn34)c([N+](=O)[O-])cc12. The van der Waals surface area contributed by atoms with Gasteiger partial charge in [0.25, 0.3) is 11.2 Å². The van der Waals surface area contributed by atoms with E-state index in [1.54, 1.807) is 4.40 Å². The average Bonchev–Trinajstić information content (AvgIpc) is 3.02. The van der Waals surface area contributed by atoms with Gasteiger partial charge < -0.3 is 10.3 Å². The highest BCUT2D eigenvalue weighted by atomic mass is 16.6. The molecule has 0 bridgehead atoms. The Morgan fingerprint density at radius 1 is 1.28 bits per heavy atom. The minimum atomic E-state index is -0.546. The van der Waals surface area contributed by atoms with E-state index in [9.17, 15) is 14.9 Å². The molecule has 0 fully saturated rings. The summed E-state index contributed by atoms with van der Waals surface area (Å²) in [5.41, 5.74) is 0.662. The van der Waals surface area contributed by atoms with E-state index in [0.717, 1.165) is 0 Å². The van der Waals surface area contributed by atoms with Crippen molar-refractivity contribution < 1.29 is 4.92 Å². The Hall–Kier alpha value is -3.82. The minimum absolute atomic E-state index is 0.160. The molecule has 0 spiro atoms. The summed E-state index contributed by atoms with van der Waals surface area (Å²) in [6.07, 6.45) is 3.06. The molecule has 3 heterocycles. The molecule has 2 N–H and O–H groups in total. The summed E-state index contributed by atoms with van der Waals surface area (Å²) in [7, 11) is 0. The number of nitrogens with zero attached hydrogens (tertiary/aromatic N) is 5. The molecule has 0 saturated heterocycles. The van der Waals surface area contributed by atoms with Crippen LogP contribution in [0.15, 0.2) is 47.7 Å². The van der Waals surface area contributed by atoms with Gasteiger partial charge in [0.1, 0.15) is 5.69 Å². The summed E-state index contributed by atoms with van der Waals surface area (Å²) in [5, 5.41) is 22.6. The lowest BCUT2D eigenvalue weighted by Crippen LogP contribution is -2.09. The zero-order chi connectivity index (χ0) is 17.4. The number of aromatic nitrogens is 5. The third kappa shape index (κ3) is 2.55. The molecular weight excluding hydrogens is 326 g/mol. The standard InChI is InChI=1S/C15H11N7O3/c23-15-9-5-12(22(24)25)11(6-10(9)17-8-18-15)16-7-14-20-19-13-3-1-2-4-21(13)14/h1-6,8,16H,7H2,(H,17,18,23). The van der Waals surface area contributed by atoms with E-state index in [2.05, 4.69) is 25.5 Å². The van der Waals surface area contributed by atoms with E-state index < -0.39 is 10.5 Å². The second kappa shape index (κ2) is 5.67. The third-order valence-corrected chi connectivity index (χ3v) is 3.78. The van der Waals surface area contributed by atoms with E-state index in [0.29, 0.717) is 17.0 Å². The molecule has 1 aromatic carbocycles. The van der Waals surface area contributed by atoms with Crippen LogP contribution in [0.3, 0.4) is 0 Å². The van der Waals surface area contributed by atoms with Gasteiger partial charge in [-0.05, 0) is 18.2 Å². The number of hydrogen-bond donors (Lipinski definition) is 2. The molecule has 25 heavy (non-hydrogen) atoms. The summed E-state index contributed by atoms with van der Waals surface area (Å²) >= 11 is 0. The minimum Gasteiger partial charge on any atom is -0.372 e. The van der Waals surface area contributed by atoms with Gasteiger partial charge in [-0.25, -0.2) is 4.98 Å². The third-order valence-electron chi connectivity index (χ3n) is 3.78. The van der Waals surface area contributed by atoms with E-state index in [1.807, 2.05) is 24.4 Å². The van der Waals surface area contributed by atoms with Crippen LogP contribution in [0.25, 0.3) is 16.6 Å². The number of H-pyrrole nitrogens is 1. The first-order valence-corrected chi connectivity index (χ1v) is 7.32. The predicted molar refractivity (Wildman–Crippen MR) is 89.3 cm³/mol. The summed E-state index contributed by atoms with van der Waals surface area (Å²) in [6, 6.07) is 8.19. The van der Waals surface area contributed by atoms with Crippen molar-refractivity contribution in [2.75, 3.05) is 5.32 Å². The Labute approximate surface area is 139 Å². The summed E-state index contributed by atoms with van der Waals surface area (Å²) in [6.45, 7) is 0.223. The fourth-order valence-electron chi connectivity index (χ4n) is 2.58. The second-order valence-corrected chi connectivity index (χ2v) is 5.27. The van der Waals surface area contributed by atoms with Gasteiger partial charge >= 0.3 is 0 Å². The maximum atomic E-state index is 11.8. The van der Waals surface area contributed by atoms with Crippen molar-refractivity contribution >= 4 is 27.9 Å². The number of nitro benzene ring substituents is 1. The van der Waals surface area contributed by atoms with Crippen molar-refractivity contribution in [2.24, 2.45) is 0 Å². The number of fused-ring (bicyclic) bond motifs is 2. The largest absolute Gasteiger partial charge is 0.372 e. The first-order valence-electron chi connectivity index (χ1n) is 7.32. The number of anilines is 1. The number of pyridine rings is 1. The van der Waals surface area contributed by atoms with Crippen LogP contribution >= 0.6 is 0 Å². The number of benzene rings is 1. The Morgan fingerprint density at radius 2 is 2.16 bits per heavy atom. The smallest absolute Gasteiger partial charge is 0.293 e. The fraction of sp³-hybridized carbons (Fsp3) is 0.0667. The van der Waals surface area contributed by atoms with Crippen LogP contribution in [0, 0.1) is 10.1 Å². The molecular formula is C15H11N7O3. The molecule has 10 heteroatoms. The van der Waals surface area contributed by atoms with Crippen molar-refractivity contribution in [2.45, 2.75) is 6.54 Å². The molecule has 0 aliphatic heterocycles. The van der Waals surface area contributed by atoms with Crippen LogP contribution < -0.4 is 10.9 Å². The normalized spacial score (nSPS) is 11.0. The molecule has 0 atom stereocenters. The molecule has 3 aromatic heterocycles. The number of rotatable bonds is 4. The zero-order valence-electron chi connectivity index (χ0n) is 12.7. The predicted octanol–water partition coefficient (Wildman–Crippen LogP) is 1.49. The highest BCUT2D eigenvalue weighted by Crippen LogP contribution is 2.28. The Balaban J connectivity index is 1.74. The van der Waals surface area contributed by atoms with Gasteiger partial charge in [0.15, 0.2) is 11.5 Å². The number of aromatic amines is 1. The van der Waals surface area contributed by atoms with Gasteiger partial charge in [0, 0.05) is 12.3 Å². The van der Waals surface area contributed by atoms with E-state index in [4.69, 9.17) is 0 Å². The molecule has 0 aliphatic carbocycles. The molecule has 0 amide bonds. The second-order valence-electron chi connectivity index (χ2n) is 5.27. The Morgan fingerprint density at radius 3 is 3.00 bits per heavy atom. The van der Waals surface area contributed by atoms with Gasteiger partial charge in [-0.2, -0.15) is 0 Å². The van der Waals surface area contributed by atoms with E-state index in [-0.39, 0.29) is 23.3 Å². The highest BCUT2D eigenvalue weighted by molar-refractivity contribution is 5.86. The fourth-order valence-corrected chi connectivity index (χ4v) is 2.58. The number of nitro groups is 1. The van der Waals surface area contributed by atoms with Crippen LogP contribution in [0.4, 0.5) is 11.4 Å². The Kier molecular flexibility index (Phi) is 3.35. The molecule has 4 rings (SSSR count). The van der Waals surface area contributed by atoms with Crippen molar-refractivity contribution in [1.29, 1.82) is 0 Å². The van der Waals surface area contributed by atoms with Crippen LogP contribution in [0.5, 0.6) is 0 Å². The van der Waals surface area contributed by atoms with Gasteiger partial charge in [-0.3, -0.25) is 19.3 Å². The van der Waals surface area contributed by atoms with Crippen molar-refractivity contribution in [3.63, 3.8) is 0 Å². The van der Waals surface area contributed by atoms with Crippen LogP contribution in [0.1, 0.15) is 5.82 Å². The van der Waals surface area contributed by atoms with Gasteiger partial charge in [0.2, 0.25) is 0 Å². The molecule has 0 unspecified atom stereocenters. The lowest BCUT2D eigenvalue weighted by molar-refractivity contribution is -0.383. The number of hydrogen-bond acceptors (Lipinski definition) is 7. The lowest BCUT2D eigenvalue weighted by Gasteiger charge is -2.07. The average molecular weight is 337 g/mol. The quantitative estimate of drug-likeness (QED) is 0.426. The van der Waals surface area contributed by atoms with Crippen molar-refractivity contribution in [3.8, 4) is 0 Å². The van der Waals surface area contributed by atoms with Crippen molar-refractivity contribution in [1.82, 2.24) is 24.6 Å². The number of nitrogens with one attached hydrogen (secondary N) is 2. The van der Waals surface area contributed by atoms with Gasteiger partial charge in [0.05, 0.1) is 28.7 Å². The molecule has 4 aromatic rings. The lowest BCUT2D eigenvalue weighted by atomic mass is 10.2. The van der Waals surface area contributed by atoms with Crippen LogP contribution in [-0.4, -0.2) is 29.5 Å². The van der Waals surface area contributed by atoms with Crippen LogP contribution in [-0.2, 0) is 6.54 Å². The van der Waals surface area contributed by atoms with Gasteiger partial charge in [-0.15, -0.1) is 10.2 Å². The van der Waals surface area contributed by atoms with Crippen LogP contribution in [0.2, 0.25) is 0 Å². The molecule has 0 aliphatic rings. The molecule has 124 valence electrons. The Bertz CT molecular complexity index is 1160. The molecule has 10 nitrogen and oxygen atoms in total. The van der Waals surface area contributed by atoms with E-state index >= 15 is 0 Å². The maximum absolute atomic E-state index is 11.8. The highest BCUT2D eigenvalue weighted by Gasteiger charge is 2.17. The van der Waals surface area contributed by atoms with Crippen molar-refractivity contribution in [3.05, 3.63) is 69.1 Å². The topological polar surface area (TPSA) is 131 Å². The van der Waals surface area contributed by atoms with E-state index in [1.165, 1.54) is 18.5 Å².